The van der Waals surface area contributed by atoms with Gasteiger partial charge in [-0.2, -0.15) is 5.10 Å². The van der Waals surface area contributed by atoms with Crippen molar-refractivity contribution in [3.05, 3.63) is 17.5 Å². The second-order valence-electron chi connectivity index (χ2n) is 3.74. The highest BCUT2D eigenvalue weighted by Crippen LogP contribution is 2.36. The third-order valence-corrected chi connectivity index (χ3v) is 4.01. The van der Waals surface area contributed by atoms with Gasteiger partial charge in [0.2, 0.25) is 0 Å². The highest BCUT2D eigenvalue weighted by Gasteiger charge is 2.21. The predicted molar refractivity (Wildman–Crippen MR) is 59.0 cm³/mol. The van der Waals surface area contributed by atoms with Gasteiger partial charge in [-0.3, -0.25) is 9.48 Å². The summed E-state index contributed by atoms with van der Waals surface area (Å²) in [7, 11) is 0. The van der Waals surface area contributed by atoms with E-state index in [-0.39, 0.29) is 6.42 Å². The Labute approximate surface area is 92.7 Å². The molecule has 1 aliphatic heterocycles. The highest BCUT2D eigenvalue weighted by molar-refractivity contribution is 7.99. The van der Waals surface area contributed by atoms with Gasteiger partial charge in [0.15, 0.2) is 0 Å². The van der Waals surface area contributed by atoms with Crippen LogP contribution in [0.3, 0.4) is 0 Å². The van der Waals surface area contributed by atoms with E-state index in [0.717, 1.165) is 17.7 Å². The number of aliphatic carboxylic acids is 1. The first-order valence-electron chi connectivity index (χ1n) is 5.05. The fourth-order valence-corrected chi connectivity index (χ4v) is 3.13. The summed E-state index contributed by atoms with van der Waals surface area (Å²) in [6, 6.07) is 0. The Morgan fingerprint density at radius 2 is 2.60 bits per heavy atom. The van der Waals surface area contributed by atoms with E-state index in [1.807, 2.05) is 23.4 Å². The average Bonchev–Trinajstić information content (AvgIpc) is 2.76. The van der Waals surface area contributed by atoms with E-state index in [4.69, 9.17) is 5.11 Å². The minimum Gasteiger partial charge on any atom is -0.481 e. The number of aromatic nitrogens is 2. The first-order valence-corrected chi connectivity index (χ1v) is 6.09. The molecule has 82 valence electrons. The van der Waals surface area contributed by atoms with Crippen molar-refractivity contribution < 1.29 is 9.90 Å². The molecule has 1 aromatic rings. The molecule has 1 aliphatic rings. The number of thioether (sulfide) groups is 1. The average molecular weight is 226 g/mol. The first kappa shape index (κ1) is 10.5. The maximum atomic E-state index is 10.6. The molecule has 0 amide bonds. The molecule has 1 fully saturated rings. The lowest BCUT2D eigenvalue weighted by molar-refractivity contribution is -0.136. The Morgan fingerprint density at radius 1 is 1.80 bits per heavy atom. The molecular formula is C10H14N2O2S. The monoisotopic (exact) mass is 226 g/mol. The molecule has 1 unspecified atom stereocenters. The van der Waals surface area contributed by atoms with E-state index in [1.165, 1.54) is 12.2 Å². The lowest BCUT2D eigenvalue weighted by atomic mass is 10.2. The number of hydrogen-bond acceptors (Lipinski definition) is 3. The molecule has 1 atom stereocenters. The zero-order valence-corrected chi connectivity index (χ0v) is 9.46. The molecule has 4 nitrogen and oxygen atoms in total. The first-order chi connectivity index (χ1) is 7.18. The molecular weight excluding hydrogens is 212 g/mol. The number of hydrogen-bond donors (Lipinski definition) is 1. The van der Waals surface area contributed by atoms with Crippen molar-refractivity contribution in [3.8, 4) is 0 Å². The Hall–Kier alpha value is -0.970. The summed E-state index contributed by atoms with van der Waals surface area (Å²) in [5, 5.41) is 13.4. The zero-order chi connectivity index (χ0) is 10.8. The summed E-state index contributed by atoms with van der Waals surface area (Å²) >= 11 is 1.89. The fraction of sp³-hybridized carbons (Fsp3) is 0.600. The number of rotatable bonds is 3. The number of carboxylic acids is 1. The second-order valence-corrected chi connectivity index (χ2v) is 5.02. The molecule has 0 spiro atoms. The van der Waals surface area contributed by atoms with Crippen LogP contribution in [0.2, 0.25) is 0 Å². The van der Waals surface area contributed by atoms with Gasteiger partial charge in [-0.25, -0.2) is 0 Å². The van der Waals surface area contributed by atoms with Crippen molar-refractivity contribution in [3.63, 3.8) is 0 Å². The lowest BCUT2D eigenvalue weighted by Gasteiger charge is -2.11. The van der Waals surface area contributed by atoms with Crippen molar-refractivity contribution in [2.75, 3.05) is 5.75 Å². The summed E-state index contributed by atoms with van der Waals surface area (Å²) in [6.45, 7) is 1.95. The normalized spacial score (nSPS) is 20.7. The van der Waals surface area contributed by atoms with E-state index in [0.29, 0.717) is 5.37 Å². The Kier molecular flexibility index (Phi) is 3.00. The maximum absolute atomic E-state index is 10.6. The lowest BCUT2D eigenvalue weighted by Crippen LogP contribution is -2.07. The van der Waals surface area contributed by atoms with Crippen LogP contribution >= 0.6 is 11.8 Å². The van der Waals surface area contributed by atoms with Gasteiger partial charge in [0, 0.05) is 11.3 Å². The quantitative estimate of drug-likeness (QED) is 0.854. The maximum Gasteiger partial charge on any atom is 0.307 e. The van der Waals surface area contributed by atoms with Crippen LogP contribution in [0.1, 0.15) is 29.5 Å². The summed E-state index contributed by atoms with van der Waals surface area (Å²) in [5.41, 5.74) is 1.83. The topological polar surface area (TPSA) is 55.1 Å². The van der Waals surface area contributed by atoms with Gasteiger partial charge in [-0.1, -0.05) is 0 Å². The predicted octanol–water partition coefficient (Wildman–Crippen LogP) is 1.84. The van der Waals surface area contributed by atoms with Gasteiger partial charge in [0.1, 0.15) is 0 Å². The van der Waals surface area contributed by atoms with Crippen molar-refractivity contribution in [2.24, 2.45) is 0 Å². The van der Waals surface area contributed by atoms with Crippen LogP contribution in [0.25, 0.3) is 0 Å². The number of carboxylic acid groups (broad SMARTS) is 1. The van der Waals surface area contributed by atoms with Crippen LogP contribution in [0, 0.1) is 6.92 Å². The van der Waals surface area contributed by atoms with Crippen LogP contribution in [-0.4, -0.2) is 26.6 Å². The Balaban J connectivity index is 2.18. The smallest absolute Gasteiger partial charge is 0.307 e. The van der Waals surface area contributed by atoms with Gasteiger partial charge >= 0.3 is 5.97 Å². The Bertz CT molecular complexity index is 369. The molecule has 0 bridgehead atoms. The summed E-state index contributed by atoms with van der Waals surface area (Å²) < 4.78 is 1.97. The molecule has 0 aliphatic carbocycles. The fourth-order valence-electron chi connectivity index (χ4n) is 1.84. The summed E-state index contributed by atoms with van der Waals surface area (Å²) in [6.07, 6.45) is 4.12. The van der Waals surface area contributed by atoms with Crippen molar-refractivity contribution in [1.82, 2.24) is 9.78 Å². The van der Waals surface area contributed by atoms with E-state index < -0.39 is 5.97 Å². The molecule has 1 N–H and O–H groups in total. The zero-order valence-electron chi connectivity index (χ0n) is 8.64. The summed E-state index contributed by atoms with van der Waals surface area (Å²) in [5.74, 6) is 0.384. The van der Waals surface area contributed by atoms with Crippen molar-refractivity contribution in [1.29, 1.82) is 0 Å². The van der Waals surface area contributed by atoms with Crippen molar-refractivity contribution in [2.45, 2.75) is 31.6 Å². The van der Waals surface area contributed by atoms with Crippen LogP contribution in [-0.2, 0) is 11.2 Å². The largest absolute Gasteiger partial charge is 0.481 e. The summed E-state index contributed by atoms with van der Waals surface area (Å²) in [4.78, 5) is 10.6. The molecule has 0 aromatic carbocycles. The van der Waals surface area contributed by atoms with Crippen LogP contribution in [0.15, 0.2) is 6.20 Å². The van der Waals surface area contributed by atoms with Gasteiger partial charge < -0.3 is 5.11 Å². The molecule has 15 heavy (non-hydrogen) atoms. The minimum atomic E-state index is -0.795. The number of carbonyl (C=O) groups is 1. The molecule has 0 saturated carbocycles. The van der Waals surface area contributed by atoms with Crippen molar-refractivity contribution >= 4 is 17.7 Å². The second kappa shape index (κ2) is 4.26. The highest BCUT2D eigenvalue weighted by atomic mass is 32.2. The van der Waals surface area contributed by atoms with Gasteiger partial charge in [-0.05, 0) is 25.5 Å². The molecule has 1 aromatic heterocycles. The van der Waals surface area contributed by atoms with Crippen LogP contribution in [0.5, 0.6) is 0 Å². The minimum absolute atomic E-state index is 0.0726. The van der Waals surface area contributed by atoms with Crippen LogP contribution < -0.4 is 0 Å². The van der Waals surface area contributed by atoms with E-state index in [9.17, 15) is 4.79 Å². The van der Waals surface area contributed by atoms with E-state index in [1.54, 1.807) is 6.20 Å². The number of nitrogens with zero attached hydrogens (tertiary/aromatic N) is 2. The SMILES string of the molecule is Cc1c(CC(=O)O)cnn1C1CCCS1. The van der Waals surface area contributed by atoms with Gasteiger partial charge in [-0.15, -0.1) is 11.8 Å². The van der Waals surface area contributed by atoms with Crippen LogP contribution in [0.4, 0.5) is 0 Å². The molecule has 5 heteroatoms. The Morgan fingerprint density at radius 3 is 3.20 bits per heavy atom. The van der Waals surface area contributed by atoms with E-state index in [2.05, 4.69) is 5.10 Å². The molecule has 0 radical (unpaired) electrons. The molecule has 2 heterocycles. The molecule has 1 saturated heterocycles. The third-order valence-electron chi connectivity index (χ3n) is 2.67. The third kappa shape index (κ3) is 2.17. The van der Waals surface area contributed by atoms with Gasteiger partial charge in [0.05, 0.1) is 18.0 Å². The van der Waals surface area contributed by atoms with Gasteiger partial charge in [0.25, 0.3) is 0 Å². The standard InChI is InChI=1S/C10H14N2O2S/c1-7-8(5-10(13)14)6-11-12(7)9-3-2-4-15-9/h6,9H,2-5H2,1H3,(H,13,14). The van der Waals surface area contributed by atoms with E-state index >= 15 is 0 Å². The molecule has 2 rings (SSSR count).